The summed E-state index contributed by atoms with van der Waals surface area (Å²) in [6, 6.07) is 15.5. The standard InChI is InChI=1S/C22H23NO5/c1-14(2)22(26)28-16(4)23-21(25)15(3)27-19-13-9-8-12-18(19)20(24)17-10-6-5-7-11-17/h5-13,15-16H,1H2,2-4H3,(H,23,25). The van der Waals surface area contributed by atoms with Crippen molar-refractivity contribution in [2.45, 2.75) is 33.1 Å². The third kappa shape index (κ3) is 5.54. The van der Waals surface area contributed by atoms with Crippen LogP contribution in [0.15, 0.2) is 66.7 Å². The molecular weight excluding hydrogens is 358 g/mol. The van der Waals surface area contributed by atoms with E-state index in [9.17, 15) is 14.4 Å². The summed E-state index contributed by atoms with van der Waals surface area (Å²) in [5.74, 6) is -0.984. The Morgan fingerprint density at radius 3 is 2.21 bits per heavy atom. The van der Waals surface area contributed by atoms with E-state index < -0.39 is 24.2 Å². The number of para-hydroxylation sites is 1. The van der Waals surface area contributed by atoms with E-state index in [1.54, 1.807) is 55.5 Å². The molecule has 2 aromatic rings. The lowest BCUT2D eigenvalue weighted by Gasteiger charge is -2.20. The van der Waals surface area contributed by atoms with Gasteiger partial charge in [0, 0.05) is 11.1 Å². The fourth-order valence-electron chi connectivity index (χ4n) is 2.35. The molecule has 1 N–H and O–H groups in total. The van der Waals surface area contributed by atoms with Crippen LogP contribution < -0.4 is 10.1 Å². The zero-order valence-corrected chi connectivity index (χ0v) is 16.1. The van der Waals surface area contributed by atoms with Crippen molar-refractivity contribution < 1.29 is 23.9 Å². The fourth-order valence-corrected chi connectivity index (χ4v) is 2.35. The Hall–Kier alpha value is -3.41. The van der Waals surface area contributed by atoms with E-state index in [4.69, 9.17) is 9.47 Å². The molecule has 0 bridgehead atoms. The number of rotatable bonds is 8. The second-order valence-electron chi connectivity index (χ2n) is 6.29. The van der Waals surface area contributed by atoms with E-state index in [1.165, 1.54) is 13.8 Å². The number of ether oxygens (including phenoxy) is 2. The molecule has 6 heteroatoms. The van der Waals surface area contributed by atoms with Crippen molar-refractivity contribution in [2.24, 2.45) is 0 Å². The fraction of sp³-hybridized carbons (Fsp3) is 0.227. The summed E-state index contributed by atoms with van der Waals surface area (Å²) in [4.78, 5) is 36.6. The van der Waals surface area contributed by atoms with Gasteiger partial charge in [0.05, 0.1) is 5.56 Å². The molecule has 0 fully saturated rings. The van der Waals surface area contributed by atoms with E-state index in [2.05, 4.69) is 11.9 Å². The molecule has 0 aliphatic heterocycles. The van der Waals surface area contributed by atoms with E-state index in [1.807, 2.05) is 6.07 Å². The number of hydrogen-bond acceptors (Lipinski definition) is 5. The van der Waals surface area contributed by atoms with Crippen molar-refractivity contribution in [2.75, 3.05) is 0 Å². The summed E-state index contributed by atoms with van der Waals surface area (Å²) >= 11 is 0. The summed E-state index contributed by atoms with van der Waals surface area (Å²) in [7, 11) is 0. The van der Waals surface area contributed by atoms with Gasteiger partial charge in [-0.15, -0.1) is 0 Å². The minimum absolute atomic E-state index is 0.201. The second kappa shape index (κ2) is 9.50. The van der Waals surface area contributed by atoms with Gasteiger partial charge in [-0.3, -0.25) is 9.59 Å². The molecule has 2 atom stereocenters. The van der Waals surface area contributed by atoms with Crippen LogP contribution in [0.1, 0.15) is 36.7 Å². The Kier molecular flexibility index (Phi) is 7.09. The SMILES string of the molecule is C=C(C)C(=O)OC(C)NC(=O)C(C)Oc1ccccc1C(=O)c1ccccc1. The number of esters is 1. The van der Waals surface area contributed by atoms with Crippen LogP contribution in [-0.2, 0) is 14.3 Å². The second-order valence-corrected chi connectivity index (χ2v) is 6.29. The quantitative estimate of drug-likeness (QED) is 0.328. The summed E-state index contributed by atoms with van der Waals surface area (Å²) in [5.41, 5.74) is 1.12. The number of benzene rings is 2. The van der Waals surface area contributed by atoms with E-state index >= 15 is 0 Å². The van der Waals surface area contributed by atoms with E-state index in [-0.39, 0.29) is 11.4 Å². The number of amides is 1. The molecule has 146 valence electrons. The number of hydrogen-bond donors (Lipinski definition) is 1. The van der Waals surface area contributed by atoms with Crippen LogP contribution in [0.4, 0.5) is 0 Å². The third-order valence-corrected chi connectivity index (χ3v) is 3.82. The Labute approximate surface area is 164 Å². The molecular formula is C22H23NO5. The maximum Gasteiger partial charge on any atom is 0.335 e. The molecule has 0 heterocycles. The molecule has 0 aliphatic rings. The van der Waals surface area contributed by atoms with Gasteiger partial charge in [0.25, 0.3) is 5.91 Å². The maximum absolute atomic E-state index is 12.7. The average molecular weight is 381 g/mol. The summed E-state index contributed by atoms with van der Waals surface area (Å²) in [5, 5.41) is 2.53. The largest absolute Gasteiger partial charge is 0.480 e. The first-order chi connectivity index (χ1) is 13.3. The molecule has 0 aliphatic carbocycles. The molecule has 0 radical (unpaired) electrons. The van der Waals surface area contributed by atoms with Crippen molar-refractivity contribution in [3.8, 4) is 5.75 Å². The molecule has 0 saturated heterocycles. The van der Waals surface area contributed by atoms with Gasteiger partial charge in [0.2, 0.25) is 0 Å². The molecule has 2 rings (SSSR count). The normalized spacial score (nSPS) is 12.4. The first-order valence-corrected chi connectivity index (χ1v) is 8.82. The van der Waals surface area contributed by atoms with Gasteiger partial charge in [0.15, 0.2) is 18.1 Å². The van der Waals surface area contributed by atoms with Crippen LogP contribution in [0.3, 0.4) is 0 Å². The highest BCUT2D eigenvalue weighted by Crippen LogP contribution is 2.22. The number of ketones is 1. The lowest BCUT2D eigenvalue weighted by Crippen LogP contribution is -2.43. The highest BCUT2D eigenvalue weighted by molar-refractivity contribution is 6.10. The smallest absolute Gasteiger partial charge is 0.335 e. The maximum atomic E-state index is 12.7. The monoisotopic (exact) mass is 381 g/mol. The Morgan fingerprint density at radius 2 is 1.57 bits per heavy atom. The summed E-state index contributed by atoms with van der Waals surface area (Å²) < 4.78 is 10.7. The molecule has 0 spiro atoms. The van der Waals surface area contributed by atoms with Crippen LogP contribution >= 0.6 is 0 Å². The van der Waals surface area contributed by atoms with Crippen molar-refractivity contribution in [1.29, 1.82) is 0 Å². The molecule has 28 heavy (non-hydrogen) atoms. The van der Waals surface area contributed by atoms with E-state index in [0.29, 0.717) is 16.9 Å². The number of carbonyl (C=O) groups is 3. The van der Waals surface area contributed by atoms with Crippen LogP contribution in [0.2, 0.25) is 0 Å². The van der Waals surface area contributed by atoms with Gasteiger partial charge in [0.1, 0.15) is 5.75 Å². The third-order valence-electron chi connectivity index (χ3n) is 3.82. The minimum atomic E-state index is -0.907. The van der Waals surface area contributed by atoms with Crippen LogP contribution in [0.25, 0.3) is 0 Å². The predicted octanol–water partition coefficient (Wildman–Crippen LogP) is 3.27. The molecule has 0 aromatic heterocycles. The summed E-state index contributed by atoms with van der Waals surface area (Å²) in [6.07, 6.45) is -1.75. The Morgan fingerprint density at radius 1 is 0.964 bits per heavy atom. The minimum Gasteiger partial charge on any atom is -0.480 e. The van der Waals surface area contributed by atoms with Crippen molar-refractivity contribution in [3.05, 3.63) is 77.9 Å². The molecule has 6 nitrogen and oxygen atoms in total. The first kappa shape index (κ1) is 20.9. The van der Waals surface area contributed by atoms with Gasteiger partial charge >= 0.3 is 5.97 Å². The zero-order chi connectivity index (χ0) is 20.7. The van der Waals surface area contributed by atoms with Crippen molar-refractivity contribution in [3.63, 3.8) is 0 Å². The van der Waals surface area contributed by atoms with Gasteiger partial charge in [-0.05, 0) is 32.9 Å². The first-order valence-electron chi connectivity index (χ1n) is 8.82. The van der Waals surface area contributed by atoms with E-state index in [0.717, 1.165) is 0 Å². The van der Waals surface area contributed by atoms with Gasteiger partial charge < -0.3 is 14.8 Å². The topological polar surface area (TPSA) is 81.7 Å². The van der Waals surface area contributed by atoms with Gasteiger partial charge in [-0.25, -0.2) is 4.79 Å². The van der Waals surface area contributed by atoms with Gasteiger partial charge in [-0.2, -0.15) is 0 Å². The highest BCUT2D eigenvalue weighted by atomic mass is 16.6. The predicted molar refractivity (Wildman–Crippen MR) is 105 cm³/mol. The molecule has 0 saturated carbocycles. The Bertz CT molecular complexity index is 876. The van der Waals surface area contributed by atoms with Crippen LogP contribution in [0, 0.1) is 0 Å². The average Bonchev–Trinajstić information content (AvgIpc) is 2.68. The highest BCUT2D eigenvalue weighted by Gasteiger charge is 2.22. The van der Waals surface area contributed by atoms with Crippen LogP contribution in [0.5, 0.6) is 5.75 Å². The molecule has 2 aromatic carbocycles. The lowest BCUT2D eigenvalue weighted by atomic mass is 10.0. The number of nitrogens with one attached hydrogen (secondary N) is 1. The van der Waals surface area contributed by atoms with Gasteiger partial charge in [-0.1, -0.05) is 49.0 Å². The lowest BCUT2D eigenvalue weighted by molar-refractivity contribution is -0.147. The zero-order valence-electron chi connectivity index (χ0n) is 16.1. The molecule has 2 unspecified atom stereocenters. The summed E-state index contributed by atoms with van der Waals surface area (Å²) in [6.45, 7) is 8.08. The van der Waals surface area contributed by atoms with Crippen LogP contribution in [-0.4, -0.2) is 30.0 Å². The van der Waals surface area contributed by atoms with Crippen molar-refractivity contribution >= 4 is 17.7 Å². The number of carbonyl (C=O) groups excluding carboxylic acids is 3. The van der Waals surface area contributed by atoms with Crippen molar-refractivity contribution in [1.82, 2.24) is 5.32 Å². The molecule has 1 amide bonds. The Balaban J connectivity index is 2.07.